The van der Waals surface area contributed by atoms with E-state index in [2.05, 4.69) is 23.5 Å². The molecule has 3 rings (SSSR count). The number of ether oxygens (including phenoxy) is 2. The molecule has 5 heteroatoms. The Morgan fingerprint density at radius 1 is 1.24 bits per heavy atom. The Morgan fingerprint density at radius 3 is 2.81 bits per heavy atom. The molecule has 21 heavy (non-hydrogen) atoms. The van der Waals surface area contributed by atoms with E-state index in [0.717, 1.165) is 34.1 Å². The van der Waals surface area contributed by atoms with Gasteiger partial charge in [-0.15, -0.1) is 0 Å². The zero-order valence-electron chi connectivity index (χ0n) is 12.6. The van der Waals surface area contributed by atoms with E-state index >= 15 is 0 Å². The molecule has 0 bridgehead atoms. The number of hydrogen-bond donors (Lipinski definition) is 1. The summed E-state index contributed by atoms with van der Waals surface area (Å²) in [6.07, 6.45) is 0. The Kier molecular flexibility index (Phi) is 3.84. The topological polar surface area (TPSA) is 56.5 Å². The van der Waals surface area contributed by atoms with Crippen LogP contribution in [0.2, 0.25) is 0 Å². The van der Waals surface area contributed by atoms with E-state index < -0.39 is 0 Å². The quantitative estimate of drug-likeness (QED) is 0.937. The first-order valence-electron chi connectivity index (χ1n) is 7.20. The van der Waals surface area contributed by atoms with E-state index in [1.54, 1.807) is 0 Å². The van der Waals surface area contributed by atoms with Crippen molar-refractivity contribution >= 4 is 0 Å². The van der Waals surface area contributed by atoms with Crippen molar-refractivity contribution in [1.29, 1.82) is 0 Å². The monoisotopic (exact) mass is 288 g/mol. The predicted molar refractivity (Wildman–Crippen MR) is 78.7 cm³/mol. The van der Waals surface area contributed by atoms with Gasteiger partial charge in [-0.1, -0.05) is 17.3 Å². The maximum atomic E-state index is 5.73. The summed E-state index contributed by atoms with van der Waals surface area (Å²) in [6, 6.07) is 6.15. The van der Waals surface area contributed by atoms with Gasteiger partial charge in [0.1, 0.15) is 19.0 Å². The fourth-order valence-electron chi connectivity index (χ4n) is 2.75. The Bertz CT molecular complexity index is 617. The van der Waals surface area contributed by atoms with Crippen LogP contribution in [0.1, 0.15) is 35.5 Å². The van der Waals surface area contributed by atoms with Gasteiger partial charge in [0.25, 0.3) is 0 Å². The number of aryl methyl sites for hydroxylation is 2. The summed E-state index contributed by atoms with van der Waals surface area (Å²) in [5.41, 5.74) is 3.16. The van der Waals surface area contributed by atoms with Gasteiger partial charge in [0.05, 0.1) is 5.69 Å². The van der Waals surface area contributed by atoms with Crippen molar-refractivity contribution in [2.45, 2.75) is 33.4 Å². The molecule has 2 aromatic rings. The molecule has 0 saturated carbocycles. The maximum absolute atomic E-state index is 5.73. The molecular weight excluding hydrogens is 268 g/mol. The highest BCUT2D eigenvalue weighted by Gasteiger charge is 2.18. The van der Waals surface area contributed by atoms with Crippen LogP contribution in [0.5, 0.6) is 11.5 Å². The van der Waals surface area contributed by atoms with Gasteiger partial charge >= 0.3 is 0 Å². The van der Waals surface area contributed by atoms with E-state index in [4.69, 9.17) is 14.0 Å². The number of nitrogens with zero attached hydrogens (tertiary/aromatic N) is 1. The molecule has 1 atom stereocenters. The highest BCUT2D eigenvalue weighted by atomic mass is 16.6. The summed E-state index contributed by atoms with van der Waals surface area (Å²) >= 11 is 0. The molecule has 1 aromatic carbocycles. The first-order chi connectivity index (χ1) is 10.2. The van der Waals surface area contributed by atoms with Crippen molar-refractivity contribution in [3.63, 3.8) is 0 Å². The molecule has 1 N–H and O–H groups in total. The molecule has 0 fully saturated rings. The Labute approximate surface area is 124 Å². The minimum absolute atomic E-state index is 0.164. The average molecular weight is 288 g/mol. The maximum Gasteiger partial charge on any atom is 0.165 e. The van der Waals surface area contributed by atoms with Crippen LogP contribution < -0.4 is 14.8 Å². The fourth-order valence-corrected chi connectivity index (χ4v) is 2.75. The van der Waals surface area contributed by atoms with Crippen molar-refractivity contribution in [3.8, 4) is 11.5 Å². The molecule has 0 aliphatic carbocycles. The number of aromatic nitrogens is 1. The van der Waals surface area contributed by atoms with Crippen LogP contribution in [0.3, 0.4) is 0 Å². The van der Waals surface area contributed by atoms with Gasteiger partial charge in [-0.25, -0.2) is 0 Å². The van der Waals surface area contributed by atoms with Crippen LogP contribution >= 0.6 is 0 Å². The average Bonchev–Trinajstić information content (AvgIpc) is 2.84. The molecular formula is C16H20N2O3. The zero-order valence-corrected chi connectivity index (χ0v) is 12.6. The molecule has 0 spiro atoms. The van der Waals surface area contributed by atoms with Gasteiger partial charge in [-0.2, -0.15) is 0 Å². The van der Waals surface area contributed by atoms with Crippen molar-refractivity contribution in [3.05, 3.63) is 40.8 Å². The number of benzene rings is 1. The number of nitrogens with one attached hydrogen (secondary N) is 1. The Balaban J connectivity index is 1.73. The van der Waals surface area contributed by atoms with Crippen LogP contribution in [0.15, 0.2) is 22.7 Å². The van der Waals surface area contributed by atoms with E-state index in [1.165, 1.54) is 0 Å². The van der Waals surface area contributed by atoms with Crippen molar-refractivity contribution in [2.75, 3.05) is 13.2 Å². The number of rotatable bonds is 4. The summed E-state index contributed by atoms with van der Waals surface area (Å²) in [5, 5.41) is 7.50. The smallest absolute Gasteiger partial charge is 0.165 e. The lowest BCUT2D eigenvalue weighted by molar-refractivity contribution is 0.169. The van der Waals surface area contributed by atoms with Gasteiger partial charge in [-0.3, -0.25) is 0 Å². The summed E-state index contributed by atoms with van der Waals surface area (Å²) in [4.78, 5) is 0. The van der Waals surface area contributed by atoms with Crippen molar-refractivity contribution in [1.82, 2.24) is 10.5 Å². The first-order valence-corrected chi connectivity index (χ1v) is 7.20. The second-order valence-corrected chi connectivity index (χ2v) is 5.28. The number of para-hydroxylation sites is 1. The summed E-state index contributed by atoms with van der Waals surface area (Å²) < 4.78 is 16.6. The minimum Gasteiger partial charge on any atom is -0.486 e. The normalized spacial score (nSPS) is 15.0. The fraction of sp³-hybridized carbons (Fsp3) is 0.438. The lowest BCUT2D eigenvalue weighted by atomic mass is 10.1. The van der Waals surface area contributed by atoms with Gasteiger partial charge < -0.3 is 19.3 Å². The summed E-state index contributed by atoms with van der Waals surface area (Å²) in [5.74, 6) is 2.54. The Hall–Kier alpha value is -2.01. The van der Waals surface area contributed by atoms with Crippen LogP contribution in [0, 0.1) is 13.8 Å². The lowest BCUT2D eigenvalue weighted by Gasteiger charge is -2.22. The second-order valence-electron chi connectivity index (χ2n) is 5.28. The molecule has 1 unspecified atom stereocenters. The molecule has 1 aromatic heterocycles. The second kappa shape index (κ2) is 5.77. The van der Waals surface area contributed by atoms with E-state index in [-0.39, 0.29) is 6.04 Å². The molecule has 0 amide bonds. The number of fused-ring (bicyclic) bond motifs is 1. The highest BCUT2D eigenvalue weighted by Crippen LogP contribution is 2.34. The molecule has 5 nitrogen and oxygen atoms in total. The third-order valence-electron chi connectivity index (χ3n) is 3.77. The molecule has 112 valence electrons. The van der Waals surface area contributed by atoms with Crippen LogP contribution in [0.4, 0.5) is 0 Å². The Morgan fingerprint density at radius 2 is 2.05 bits per heavy atom. The molecule has 0 radical (unpaired) electrons. The highest BCUT2D eigenvalue weighted by molar-refractivity contribution is 5.47. The van der Waals surface area contributed by atoms with Crippen molar-refractivity contribution in [2.24, 2.45) is 0 Å². The van der Waals surface area contributed by atoms with Gasteiger partial charge in [0.2, 0.25) is 0 Å². The summed E-state index contributed by atoms with van der Waals surface area (Å²) in [7, 11) is 0. The largest absolute Gasteiger partial charge is 0.486 e. The van der Waals surface area contributed by atoms with E-state index in [9.17, 15) is 0 Å². The summed E-state index contributed by atoms with van der Waals surface area (Å²) in [6.45, 7) is 7.93. The van der Waals surface area contributed by atoms with E-state index in [0.29, 0.717) is 19.8 Å². The predicted octanol–water partition coefficient (Wildman–Crippen LogP) is 2.91. The molecule has 2 heterocycles. The third kappa shape index (κ3) is 2.74. The minimum atomic E-state index is 0.164. The molecule has 1 aliphatic heterocycles. The zero-order chi connectivity index (χ0) is 14.8. The van der Waals surface area contributed by atoms with Crippen molar-refractivity contribution < 1.29 is 14.0 Å². The third-order valence-corrected chi connectivity index (χ3v) is 3.77. The standard InChI is InChI=1S/C16H20N2O3/c1-10(15-11(2)18-21-12(15)3)17-9-13-5-4-6-14-16(13)20-8-7-19-14/h4-6,10,17H,7-9H2,1-3H3. The SMILES string of the molecule is Cc1noc(C)c1C(C)NCc1cccc2c1OCCO2. The number of hydrogen-bond acceptors (Lipinski definition) is 5. The van der Waals surface area contributed by atoms with Crippen LogP contribution in [-0.2, 0) is 6.54 Å². The first kappa shape index (κ1) is 13.9. The van der Waals surface area contributed by atoms with Gasteiger partial charge in [-0.05, 0) is 26.8 Å². The van der Waals surface area contributed by atoms with E-state index in [1.807, 2.05) is 26.0 Å². The lowest BCUT2D eigenvalue weighted by Crippen LogP contribution is -2.21. The van der Waals surface area contributed by atoms with Gasteiger partial charge in [0.15, 0.2) is 11.5 Å². The molecule has 1 aliphatic rings. The van der Waals surface area contributed by atoms with Crippen LogP contribution in [-0.4, -0.2) is 18.4 Å². The van der Waals surface area contributed by atoms with Crippen LogP contribution in [0.25, 0.3) is 0 Å². The van der Waals surface area contributed by atoms with Gasteiger partial charge in [0, 0.05) is 23.7 Å². The molecule has 0 saturated heterocycles.